The maximum atomic E-state index is 12.5. The Morgan fingerprint density at radius 1 is 1.14 bits per heavy atom. The molecule has 0 saturated carbocycles. The van der Waals surface area contributed by atoms with E-state index in [0.717, 1.165) is 57.9 Å². The molecule has 1 aliphatic heterocycles. The fraction of sp³-hybridized carbons (Fsp3) is 0.476. The summed E-state index contributed by atoms with van der Waals surface area (Å²) in [5.74, 6) is 1.01. The number of carbonyl (C=O) groups is 1. The summed E-state index contributed by atoms with van der Waals surface area (Å²) in [5.41, 5.74) is 2.65. The second-order valence-corrected chi connectivity index (χ2v) is 6.99. The van der Waals surface area contributed by atoms with Gasteiger partial charge in [-0.2, -0.15) is 5.10 Å². The summed E-state index contributed by atoms with van der Waals surface area (Å²) in [6, 6.07) is 10.3. The summed E-state index contributed by atoms with van der Waals surface area (Å²) >= 11 is 0. The van der Waals surface area contributed by atoms with Crippen molar-refractivity contribution in [1.29, 1.82) is 0 Å². The summed E-state index contributed by atoms with van der Waals surface area (Å²) < 4.78 is 1.92. The minimum Gasteiger partial charge on any atom is -0.356 e. The van der Waals surface area contributed by atoms with Crippen molar-refractivity contribution in [2.75, 3.05) is 26.7 Å². The van der Waals surface area contributed by atoms with Crippen LogP contribution >= 0.6 is 0 Å². The van der Waals surface area contributed by atoms with Crippen LogP contribution in [0.15, 0.2) is 47.7 Å². The van der Waals surface area contributed by atoms with Crippen molar-refractivity contribution in [3.63, 3.8) is 0 Å². The van der Waals surface area contributed by atoms with Crippen molar-refractivity contribution in [3.05, 3.63) is 53.9 Å². The van der Waals surface area contributed by atoms with E-state index in [2.05, 4.69) is 38.9 Å². The summed E-state index contributed by atoms with van der Waals surface area (Å²) in [6.45, 7) is 4.00. The van der Waals surface area contributed by atoms with Gasteiger partial charge in [-0.25, -0.2) is 0 Å². The summed E-state index contributed by atoms with van der Waals surface area (Å²) in [5, 5.41) is 10.8. The van der Waals surface area contributed by atoms with Gasteiger partial charge in [0.1, 0.15) is 0 Å². The molecule has 0 radical (unpaired) electrons. The van der Waals surface area contributed by atoms with Crippen molar-refractivity contribution >= 4 is 11.9 Å². The summed E-state index contributed by atoms with van der Waals surface area (Å²) in [6.07, 6.45) is 7.03. The Bertz CT molecular complexity index is 771. The van der Waals surface area contributed by atoms with Crippen LogP contribution in [0.4, 0.5) is 0 Å². The topological polar surface area (TPSA) is 74.6 Å². The van der Waals surface area contributed by atoms with E-state index in [9.17, 15) is 4.79 Å². The molecule has 7 heteroatoms. The van der Waals surface area contributed by atoms with E-state index in [1.165, 1.54) is 11.1 Å². The van der Waals surface area contributed by atoms with Gasteiger partial charge < -0.3 is 15.5 Å². The molecule has 1 aromatic heterocycles. The lowest BCUT2D eigenvalue weighted by atomic mass is 9.99. The maximum Gasteiger partial charge on any atom is 0.222 e. The number of nitrogens with zero attached hydrogens (tertiary/aromatic N) is 4. The Labute approximate surface area is 166 Å². The number of aryl methyl sites for hydroxylation is 1. The Hall–Kier alpha value is -2.83. The van der Waals surface area contributed by atoms with E-state index in [1.807, 2.05) is 27.9 Å². The third-order valence-electron chi connectivity index (χ3n) is 4.98. The zero-order chi connectivity index (χ0) is 19.6. The lowest BCUT2D eigenvalue weighted by Gasteiger charge is -2.29. The number of hydrogen-bond acceptors (Lipinski definition) is 3. The van der Waals surface area contributed by atoms with Gasteiger partial charge in [0.2, 0.25) is 5.91 Å². The Kier molecular flexibility index (Phi) is 7.46. The fourth-order valence-electron chi connectivity index (χ4n) is 3.41. The molecule has 2 aromatic rings. The first-order valence-corrected chi connectivity index (χ1v) is 10.0. The van der Waals surface area contributed by atoms with Crippen molar-refractivity contribution < 1.29 is 4.79 Å². The zero-order valence-electron chi connectivity index (χ0n) is 16.6. The molecule has 7 nitrogen and oxygen atoms in total. The van der Waals surface area contributed by atoms with Gasteiger partial charge in [-0.05, 0) is 36.5 Å². The van der Waals surface area contributed by atoms with Crippen LogP contribution in [0, 0.1) is 0 Å². The van der Waals surface area contributed by atoms with Crippen LogP contribution in [0.3, 0.4) is 0 Å². The fourth-order valence-corrected chi connectivity index (χ4v) is 3.41. The SMILES string of the molecule is CN=C(NCCCC(=O)N1CCc2ccccc2C1)NCCCn1cccn1. The van der Waals surface area contributed by atoms with Gasteiger partial charge in [-0.15, -0.1) is 0 Å². The van der Waals surface area contributed by atoms with Gasteiger partial charge in [0.05, 0.1) is 0 Å². The molecule has 3 rings (SSSR count). The molecular formula is C21H30N6O. The number of guanidine groups is 1. The number of nitrogens with one attached hydrogen (secondary N) is 2. The van der Waals surface area contributed by atoms with E-state index < -0.39 is 0 Å². The lowest BCUT2D eigenvalue weighted by Crippen LogP contribution is -2.39. The quantitative estimate of drug-likeness (QED) is 0.415. The number of aromatic nitrogens is 2. The number of rotatable bonds is 8. The maximum absolute atomic E-state index is 12.5. The number of carbonyl (C=O) groups excluding carboxylic acids is 1. The number of benzene rings is 1. The molecule has 0 unspecified atom stereocenters. The van der Waals surface area contributed by atoms with Crippen molar-refractivity contribution in [2.24, 2.45) is 4.99 Å². The van der Waals surface area contributed by atoms with E-state index in [-0.39, 0.29) is 5.91 Å². The van der Waals surface area contributed by atoms with Gasteiger partial charge in [0.15, 0.2) is 5.96 Å². The van der Waals surface area contributed by atoms with Gasteiger partial charge in [0.25, 0.3) is 0 Å². The van der Waals surface area contributed by atoms with Crippen LogP contribution in [0.2, 0.25) is 0 Å². The molecule has 2 heterocycles. The molecule has 28 heavy (non-hydrogen) atoms. The second kappa shape index (κ2) is 10.5. The monoisotopic (exact) mass is 382 g/mol. The van der Waals surface area contributed by atoms with Crippen molar-refractivity contribution in [2.45, 2.75) is 38.8 Å². The van der Waals surface area contributed by atoms with Gasteiger partial charge in [-0.3, -0.25) is 14.5 Å². The third kappa shape index (κ3) is 5.84. The minimum atomic E-state index is 0.235. The average molecular weight is 383 g/mol. The van der Waals surface area contributed by atoms with E-state index in [1.54, 1.807) is 13.2 Å². The highest BCUT2D eigenvalue weighted by molar-refractivity contribution is 5.80. The molecule has 1 aromatic carbocycles. The van der Waals surface area contributed by atoms with E-state index in [0.29, 0.717) is 6.42 Å². The molecule has 0 spiro atoms. The molecule has 0 fully saturated rings. The molecule has 0 atom stereocenters. The predicted molar refractivity (Wildman–Crippen MR) is 111 cm³/mol. The van der Waals surface area contributed by atoms with E-state index in [4.69, 9.17) is 0 Å². The van der Waals surface area contributed by atoms with Crippen LogP contribution in [-0.2, 0) is 24.3 Å². The number of amides is 1. The highest BCUT2D eigenvalue weighted by Gasteiger charge is 2.19. The van der Waals surface area contributed by atoms with Gasteiger partial charge in [-0.1, -0.05) is 24.3 Å². The van der Waals surface area contributed by atoms with Crippen molar-refractivity contribution in [3.8, 4) is 0 Å². The largest absolute Gasteiger partial charge is 0.356 e. The third-order valence-corrected chi connectivity index (χ3v) is 4.98. The Morgan fingerprint density at radius 3 is 2.68 bits per heavy atom. The Morgan fingerprint density at radius 2 is 1.93 bits per heavy atom. The number of aliphatic imine (C=N–C) groups is 1. The number of fused-ring (bicyclic) bond motifs is 1. The van der Waals surface area contributed by atoms with Crippen LogP contribution in [0.5, 0.6) is 0 Å². The normalized spacial score (nSPS) is 13.9. The van der Waals surface area contributed by atoms with Crippen LogP contribution < -0.4 is 10.6 Å². The molecule has 1 amide bonds. The first-order chi connectivity index (χ1) is 13.8. The smallest absolute Gasteiger partial charge is 0.222 e. The molecule has 0 saturated heterocycles. The highest BCUT2D eigenvalue weighted by Crippen LogP contribution is 2.19. The van der Waals surface area contributed by atoms with E-state index >= 15 is 0 Å². The standard InChI is InChI=1S/C21H30N6O/c1-22-21(24-12-5-14-27-15-6-13-25-27)23-11-4-9-20(28)26-16-10-18-7-2-3-8-19(18)17-26/h2-3,6-8,13,15H,4-5,9-12,14,16-17H2,1H3,(H2,22,23,24). The highest BCUT2D eigenvalue weighted by atomic mass is 16.2. The first-order valence-electron chi connectivity index (χ1n) is 10.0. The minimum absolute atomic E-state index is 0.235. The molecule has 150 valence electrons. The average Bonchev–Trinajstić information content (AvgIpc) is 3.25. The summed E-state index contributed by atoms with van der Waals surface area (Å²) in [7, 11) is 1.76. The second-order valence-electron chi connectivity index (χ2n) is 6.99. The zero-order valence-corrected chi connectivity index (χ0v) is 16.6. The molecular weight excluding hydrogens is 352 g/mol. The molecule has 2 N–H and O–H groups in total. The molecule has 0 bridgehead atoms. The van der Waals surface area contributed by atoms with Crippen molar-refractivity contribution in [1.82, 2.24) is 25.3 Å². The van der Waals surface area contributed by atoms with Crippen LogP contribution in [0.25, 0.3) is 0 Å². The Balaban J connectivity index is 1.29. The first kappa shape index (κ1) is 19.9. The number of hydrogen-bond donors (Lipinski definition) is 2. The molecule has 0 aliphatic carbocycles. The lowest BCUT2D eigenvalue weighted by molar-refractivity contribution is -0.132. The molecule has 1 aliphatic rings. The summed E-state index contributed by atoms with van der Waals surface area (Å²) in [4.78, 5) is 18.7. The van der Waals surface area contributed by atoms with Gasteiger partial charge in [0, 0.05) is 58.6 Å². The predicted octanol–water partition coefficient (Wildman–Crippen LogP) is 1.80. The van der Waals surface area contributed by atoms with Gasteiger partial charge >= 0.3 is 0 Å². The van der Waals surface area contributed by atoms with Crippen LogP contribution in [0.1, 0.15) is 30.4 Å². The van der Waals surface area contributed by atoms with Crippen LogP contribution in [-0.4, -0.2) is 53.2 Å².